The zero-order valence-electron chi connectivity index (χ0n) is 12.7. The number of benzene rings is 1. The first kappa shape index (κ1) is 17.3. The number of aliphatic hydroxyl groups excluding tert-OH is 1. The van der Waals surface area contributed by atoms with Gasteiger partial charge in [0.2, 0.25) is 0 Å². The van der Waals surface area contributed by atoms with Crippen LogP contribution in [0, 0.1) is 0 Å². The first-order chi connectivity index (χ1) is 10.0. The van der Waals surface area contributed by atoms with Gasteiger partial charge in [0.15, 0.2) is 17.6 Å². The molecule has 2 unspecified atom stereocenters. The smallest absolute Gasteiger partial charge is 0.336 e. The number of nitrogens with two attached hydrogens (primary N) is 1. The lowest BCUT2D eigenvalue weighted by Gasteiger charge is -2.18. The molecule has 21 heavy (non-hydrogen) atoms. The molecule has 0 bridgehead atoms. The van der Waals surface area contributed by atoms with Gasteiger partial charge in [-0.2, -0.15) is 0 Å². The van der Waals surface area contributed by atoms with Gasteiger partial charge in [0.25, 0.3) is 0 Å². The van der Waals surface area contributed by atoms with Gasteiger partial charge in [-0.25, -0.2) is 4.79 Å². The fraction of sp³-hybridized carbons (Fsp3) is 0.533. The fourth-order valence-corrected chi connectivity index (χ4v) is 1.90. The highest BCUT2D eigenvalue weighted by Gasteiger charge is 2.24. The predicted molar refractivity (Wildman–Crippen MR) is 78.5 cm³/mol. The molecule has 0 heterocycles. The molecule has 0 radical (unpaired) electrons. The molecule has 0 aliphatic heterocycles. The van der Waals surface area contributed by atoms with Crippen molar-refractivity contribution < 1.29 is 24.1 Å². The topological polar surface area (TPSA) is 91.0 Å². The summed E-state index contributed by atoms with van der Waals surface area (Å²) < 4.78 is 15.4. The van der Waals surface area contributed by atoms with E-state index in [1.54, 1.807) is 26.2 Å². The van der Waals surface area contributed by atoms with E-state index in [2.05, 4.69) is 0 Å². The molecule has 0 aliphatic rings. The van der Waals surface area contributed by atoms with Crippen molar-refractivity contribution in [3.8, 4) is 11.5 Å². The van der Waals surface area contributed by atoms with Crippen LogP contribution in [0.25, 0.3) is 0 Å². The number of aliphatic hydroxyl groups is 1. The summed E-state index contributed by atoms with van der Waals surface area (Å²) in [6.07, 6.45) is -1.02. The summed E-state index contributed by atoms with van der Waals surface area (Å²) in [5.41, 5.74) is 6.69. The Morgan fingerprint density at radius 2 is 2.00 bits per heavy atom. The minimum absolute atomic E-state index is 0.208. The second kappa shape index (κ2) is 8.49. The lowest BCUT2D eigenvalue weighted by Crippen LogP contribution is -2.42. The number of carbonyl (C=O) groups excluding carboxylic acids is 1. The van der Waals surface area contributed by atoms with Gasteiger partial charge in [-0.3, -0.25) is 0 Å². The molecule has 1 aromatic rings. The number of esters is 1. The Morgan fingerprint density at radius 1 is 1.29 bits per heavy atom. The largest absolute Gasteiger partial charge is 0.493 e. The Bertz CT molecular complexity index is 463. The number of rotatable bonds is 8. The van der Waals surface area contributed by atoms with Crippen LogP contribution < -0.4 is 15.2 Å². The standard InChI is InChI=1S/C15H23NO5/c1-4-20-13-9-10(6-7-12(13)19-3)8-11(16)14(17)15(18)21-5-2/h6-7,9,11,14,17H,4-5,8,16H2,1-3H3. The molecule has 1 aromatic carbocycles. The van der Waals surface area contributed by atoms with Crippen molar-refractivity contribution in [1.82, 2.24) is 0 Å². The number of carbonyl (C=O) groups is 1. The SMILES string of the molecule is CCOC(=O)C(O)C(N)Cc1ccc(OC)c(OCC)c1. The summed E-state index contributed by atoms with van der Waals surface area (Å²) in [7, 11) is 1.56. The molecule has 0 fully saturated rings. The normalized spacial score (nSPS) is 13.4. The van der Waals surface area contributed by atoms with E-state index in [0.717, 1.165) is 5.56 Å². The van der Waals surface area contributed by atoms with Crippen LogP contribution in [0.1, 0.15) is 19.4 Å². The number of ether oxygens (including phenoxy) is 3. The molecular formula is C15H23NO5. The molecular weight excluding hydrogens is 274 g/mol. The number of methoxy groups -OCH3 is 1. The van der Waals surface area contributed by atoms with Crippen LogP contribution in [0.2, 0.25) is 0 Å². The average molecular weight is 297 g/mol. The van der Waals surface area contributed by atoms with Gasteiger partial charge in [-0.1, -0.05) is 6.07 Å². The summed E-state index contributed by atoms with van der Waals surface area (Å²) in [6, 6.07) is 4.63. The predicted octanol–water partition coefficient (Wildman–Crippen LogP) is 0.888. The molecule has 6 heteroatoms. The highest BCUT2D eigenvalue weighted by Crippen LogP contribution is 2.28. The summed E-state index contributed by atoms with van der Waals surface area (Å²) in [4.78, 5) is 11.4. The van der Waals surface area contributed by atoms with Crippen molar-refractivity contribution in [1.29, 1.82) is 0 Å². The summed E-state index contributed by atoms with van der Waals surface area (Å²) in [5, 5.41) is 9.80. The summed E-state index contributed by atoms with van der Waals surface area (Å²) in [6.45, 7) is 4.27. The van der Waals surface area contributed by atoms with Gasteiger partial charge in [-0.15, -0.1) is 0 Å². The third-order valence-corrected chi connectivity index (χ3v) is 2.93. The number of hydrogen-bond acceptors (Lipinski definition) is 6. The Balaban J connectivity index is 2.77. The summed E-state index contributed by atoms with van der Waals surface area (Å²) >= 11 is 0. The zero-order chi connectivity index (χ0) is 15.8. The highest BCUT2D eigenvalue weighted by atomic mass is 16.5. The Labute approximate surface area is 124 Å². The molecule has 0 spiro atoms. The van der Waals surface area contributed by atoms with E-state index < -0.39 is 18.1 Å². The molecule has 0 amide bonds. The first-order valence-electron chi connectivity index (χ1n) is 6.93. The Morgan fingerprint density at radius 3 is 2.57 bits per heavy atom. The van der Waals surface area contributed by atoms with E-state index in [1.807, 2.05) is 13.0 Å². The van der Waals surface area contributed by atoms with E-state index >= 15 is 0 Å². The van der Waals surface area contributed by atoms with Crippen LogP contribution in [0.4, 0.5) is 0 Å². The second-order valence-corrected chi connectivity index (χ2v) is 4.48. The highest BCUT2D eigenvalue weighted by molar-refractivity contribution is 5.75. The quantitative estimate of drug-likeness (QED) is 0.692. The van der Waals surface area contributed by atoms with Crippen LogP contribution in [0.3, 0.4) is 0 Å². The van der Waals surface area contributed by atoms with E-state index in [1.165, 1.54) is 0 Å². The van der Waals surface area contributed by atoms with Crippen molar-refractivity contribution >= 4 is 5.97 Å². The summed E-state index contributed by atoms with van der Waals surface area (Å²) in [5.74, 6) is 0.527. The molecule has 0 saturated heterocycles. The van der Waals surface area contributed by atoms with E-state index in [9.17, 15) is 9.90 Å². The molecule has 0 aliphatic carbocycles. The van der Waals surface area contributed by atoms with Crippen LogP contribution >= 0.6 is 0 Å². The molecule has 0 saturated carbocycles. The molecule has 0 aromatic heterocycles. The van der Waals surface area contributed by atoms with Gasteiger partial charge < -0.3 is 25.1 Å². The average Bonchev–Trinajstić information content (AvgIpc) is 2.47. The van der Waals surface area contributed by atoms with Crippen LogP contribution in [0.5, 0.6) is 11.5 Å². The molecule has 2 atom stereocenters. The molecule has 3 N–H and O–H groups in total. The second-order valence-electron chi connectivity index (χ2n) is 4.48. The van der Waals surface area contributed by atoms with Crippen molar-refractivity contribution in [2.45, 2.75) is 32.4 Å². The monoisotopic (exact) mass is 297 g/mol. The number of hydrogen-bond donors (Lipinski definition) is 2. The maximum Gasteiger partial charge on any atom is 0.336 e. The van der Waals surface area contributed by atoms with Crippen molar-refractivity contribution in [2.24, 2.45) is 5.73 Å². The van der Waals surface area contributed by atoms with Crippen LogP contribution in [-0.4, -0.2) is 43.5 Å². The third-order valence-electron chi connectivity index (χ3n) is 2.93. The minimum Gasteiger partial charge on any atom is -0.493 e. The minimum atomic E-state index is -1.34. The van der Waals surface area contributed by atoms with Crippen molar-refractivity contribution in [2.75, 3.05) is 20.3 Å². The van der Waals surface area contributed by atoms with E-state index in [4.69, 9.17) is 19.9 Å². The first-order valence-corrected chi connectivity index (χ1v) is 6.93. The van der Waals surface area contributed by atoms with E-state index in [0.29, 0.717) is 24.5 Å². The van der Waals surface area contributed by atoms with Gasteiger partial charge in [0.1, 0.15) is 0 Å². The lowest BCUT2D eigenvalue weighted by molar-refractivity contribution is -0.154. The molecule has 118 valence electrons. The van der Waals surface area contributed by atoms with Gasteiger partial charge in [0.05, 0.1) is 20.3 Å². The third kappa shape index (κ3) is 4.91. The fourth-order valence-electron chi connectivity index (χ4n) is 1.90. The zero-order valence-corrected chi connectivity index (χ0v) is 12.7. The van der Waals surface area contributed by atoms with Crippen molar-refractivity contribution in [3.63, 3.8) is 0 Å². The Kier molecular flexibility index (Phi) is 6.98. The maximum absolute atomic E-state index is 11.4. The van der Waals surface area contributed by atoms with E-state index in [-0.39, 0.29) is 6.61 Å². The Hall–Kier alpha value is -1.79. The lowest BCUT2D eigenvalue weighted by atomic mass is 10.0. The maximum atomic E-state index is 11.4. The van der Waals surface area contributed by atoms with Gasteiger partial charge in [-0.05, 0) is 38.0 Å². The van der Waals surface area contributed by atoms with Crippen LogP contribution in [-0.2, 0) is 16.0 Å². The van der Waals surface area contributed by atoms with Crippen LogP contribution in [0.15, 0.2) is 18.2 Å². The van der Waals surface area contributed by atoms with Gasteiger partial charge >= 0.3 is 5.97 Å². The molecule has 1 rings (SSSR count). The van der Waals surface area contributed by atoms with Crippen molar-refractivity contribution in [3.05, 3.63) is 23.8 Å². The molecule has 6 nitrogen and oxygen atoms in total. The van der Waals surface area contributed by atoms with Gasteiger partial charge in [0, 0.05) is 6.04 Å².